The Labute approximate surface area is 105 Å². The Morgan fingerprint density at radius 2 is 2.47 bits per heavy atom. The van der Waals surface area contributed by atoms with Crippen molar-refractivity contribution in [2.75, 3.05) is 18.4 Å². The van der Waals surface area contributed by atoms with Crippen LogP contribution in [0.15, 0.2) is 23.7 Å². The lowest BCUT2D eigenvalue weighted by Crippen LogP contribution is -2.24. The molecule has 0 saturated carbocycles. The number of nitrogens with one attached hydrogen (secondary N) is 2. The van der Waals surface area contributed by atoms with Gasteiger partial charge in [0.05, 0.1) is 0 Å². The molecule has 4 heteroatoms. The first-order valence-corrected chi connectivity index (χ1v) is 7.11. The third-order valence-corrected chi connectivity index (χ3v) is 4.21. The zero-order valence-electron chi connectivity index (χ0n) is 9.78. The number of pyridine rings is 1. The number of aromatic nitrogens is 1. The molecule has 0 radical (unpaired) electrons. The van der Waals surface area contributed by atoms with Crippen molar-refractivity contribution in [3.05, 3.63) is 23.7 Å². The first kappa shape index (κ1) is 11.0. The van der Waals surface area contributed by atoms with E-state index in [1.807, 2.05) is 6.20 Å². The summed E-state index contributed by atoms with van der Waals surface area (Å²) in [5, 5.41) is 10.3. The Hall–Kier alpha value is -1.13. The fraction of sp³-hybridized carbons (Fsp3) is 0.462. The van der Waals surface area contributed by atoms with Crippen LogP contribution < -0.4 is 10.6 Å². The van der Waals surface area contributed by atoms with Gasteiger partial charge in [-0.2, -0.15) is 0 Å². The van der Waals surface area contributed by atoms with Gasteiger partial charge in [0.2, 0.25) is 0 Å². The summed E-state index contributed by atoms with van der Waals surface area (Å²) in [5.74, 6) is 1.03. The quantitative estimate of drug-likeness (QED) is 0.872. The summed E-state index contributed by atoms with van der Waals surface area (Å²) in [4.78, 5) is 4.42. The maximum atomic E-state index is 4.42. The third-order valence-electron chi connectivity index (χ3n) is 3.33. The van der Waals surface area contributed by atoms with Crippen LogP contribution in [0.1, 0.15) is 19.3 Å². The molecule has 1 aliphatic rings. The minimum atomic E-state index is 0.698. The van der Waals surface area contributed by atoms with Gasteiger partial charge in [-0.1, -0.05) is 0 Å². The van der Waals surface area contributed by atoms with Crippen LogP contribution in [-0.2, 0) is 0 Å². The number of rotatable bonds is 4. The minimum absolute atomic E-state index is 0.698. The van der Waals surface area contributed by atoms with Crippen LogP contribution in [0.4, 0.5) is 5.82 Å². The molecule has 0 aromatic carbocycles. The van der Waals surface area contributed by atoms with Crippen molar-refractivity contribution in [1.29, 1.82) is 0 Å². The van der Waals surface area contributed by atoms with Crippen LogP contribution >= 0.6 is 11.3 Å². The highest BCUT2D eigenvalue weighted by Crippen LogP contribution is 2.25. The molecule has 1 fully saturated rings. The lowest BCUT2D eigenvalue weighted by Gasteiger charge is -2.11. The zero-order valence-corrected chi connectivity index (χ0v) is 10.6. The van der Waals surface area contributed by atoms with E-state index >= 15 is 0 Å². The molecule has 2 aromatic heterocycles. The maximum absolute atomic E-state index is 4.42. The first-order valence-electron chi connectivity index (χ1n) is 6.23. The van der Waals surface area contributed by atoms with Gasteiger partial charge >= 0.3 is 0 Å². The number of anilines is 1. The average molecular weight is 247 g/mol. The van der Waals surface area contributed by atoms with Crippen LogP contribution in [-0.4, -0.2) is 24.1 Å². The fourth-order valence-corrected chi connectivity index (χ4v) is 3.19. The number of hydrogen-bond donors (Lipinski definition) is 2. The predicted molar refractivity (Wildman–Crippen MR) is 73.8 cm³/mol. The molecule has 1 aliphatic heterocycles. The van der Waals surface area contributed by atoms with Gasteiger partial charge in [-0.3, -0.25) is 0 Å². The molecule has 1 saturated heterocycles. The van der Waals surface area contributed by atoms with E-state index in [0.29, 0.717) is 6.04 Å². The molecule has 3 nitrogen and oxygen atoms in total. The fourth-order valence-electron chi connectivity index (χ4n) is 2.40. The van der Waals surface area contributed by atoms with Gasteiger partial charge in [-0.25, -0.2) is 4.98 Å². The topological polar surface area (TPSA) is 37.0 Å². The van der Waals surface area contributed by atoms with E-state index in [2.05, 4.69) is 33.1 Å². The predicted octanol–water partition coefficient (Wildman–Crippen LogP) is 2.85. The highest BCUT2D eigenvalue weighted by Gasteiger charge is 2.13. The normalized spacial score (nSPS) is 19.9. The minimum Gasteiger partial charge on any atom is -0.369 e. The van der Waals surface area contributed by atoms with Gasteiger partial charge in [-0.05, 0) is 43.3 Å². The molecular formula is C13H17N3S. The summed E-state index contributed by atoms with van der Waals surface area (Å²) in [6.45, 7) is 2.18. The molecular weight excluding hydrogens is 230 g/mol. The third kappa shape index (κ3) is 2.42. The summed E-state index contributed by atoms with van der Waals surface area (Å²) >= 11 is 1.77. The molecule has 0 aliphatic carbocycles. The standard InChI is InChI=1S/C13H17N3S/c1-2-10(14-6-1)3-7-15-13-11-5-9-17-12(11)4-8-16-13/h4-5,8-10,14H,1-3,6-7H2,(H,15,16)/t10-/m0/s1. The Bertz CT molecular complexity index is 488. The maximum Gasteiger partial charge on any atom is 0.134 e. The highest BCUT2D eigenvalue weighted by atomic mass is 32.1. The van der Waals surface area contributed by atoms with Crippen LogP contribution in [0.5, 0.6) is 0 Å². The van der Waals surface area contributed by atoms with Crippen LogP contribution in [0, 0.1) is 0 Å². The summed E-state index contributed by atoms with van der Waals surface area (Å²) in [6.07, 6.45) is 5.71. The van der Waals surface area contributed by atoms with Crippen molar-refractivity contribution >= 4 is 27.2 Å². The molecule has 2 aromatic rings. The smallest absolute Gasteiger partial charge is 0.134 e. The lowest BCUT2D eigenvalue weighted by molar-refractivity contribution is 0.574. The van der Waals surface area contributed by atoms with Gasteiger partial charge in [0.15, 0.2) is 0 Å². The Morgan fingerprint density at radius 1 is 1.47 bits per heavy atom. The van der Waals surface area contributed by atoms with E-state index < -0.39 is 0 Å². The number of thiophene rings is 1. The Kier molecular flexibility index (Phi) is 3.25. The SMILES string of the molecule is c1cc2sccc2c(NCC[C@@H]2CCCN2)n1. The monoisotopic (exact) mass is 247 g/mol. The largest absolute Gasteiger partial charge is 0.369 e. The molecule has 90 valence electrons. The molecule has 17 heavy (non-hydrogen) atoms. The summed E-state index contributed by atoms with van der Waals surface area (Å²) < 4.78 is 1.31. The number of nitrogens with zero attached hydrogens (tertiary/aromatic N) is 1. The van der Waals surface area contributed by atoms with E-state index in [1.165, 1.54) is 35.9 Å². The van der Waals surface area contributed by atoms with E-state index in [-0.39, 0.29) is 0 Å². The number of hydrogen-bond acceptors (Lipinski definition) is 4. The van der Waals surface area contributed by atoms with E-state index in [9.17, 15) is 0 Å². The zero-order chi connectivity index (χ0) is 11.5. The Balaban J connectivity index is 1.62. The summed E-state index contributed by atoms with van der Waals surface area (Å²) in [7, 11) is 0. The van der Waals surface area contributed by atoms with Crippen molar-refractivity contribution in [1.82, 2.24) is 10.3 Å². The molecule has 0 unspecified atom stereocenters. The molecule has 2 N–H and O–H groups in total. The Morgan fingerprint density at radius 3 is 3.35 bits per heavy atom. The lowest BCUT2D eigenvalue weighted by atomic mass is 10.1. The molecule has 3 rings (SSSR count). The summed E-state index contributed by atoms with van der Waals surface area (Å²) in [5.41, 5.74) is 0. The molecule has 1 atom stereocenters. The van der Waals surface area contributed by atoms with Gasteiger partial charge in [-0.15, -0.1) is 11.3 Å². The van der Waals surface area contributed by atoms with Gasteiger partial charge in [0.25, 0.3) is 0 Å². The van der Waals surface area contributed by atoms with Crippen LogP contribution in [0.3, 0.4) is 0 Å². The molecule has 0 amide bonds. The van der Waals surface area contributed by atoms with E-state index in [4.69, 9.17) is 0 Å². The number of fused-ring (bicyclic) bond motifs is 1. The van der Waals surface area contributed by atoms with Gasteiger partial charge in [0.1, 0.15) is 5.82 Å². The van der Waals surface area contributed by atoms with Crippen molar-refractivity contribution in [3.63, 3.8) is 0 Å². The van der Waals surface area contributed by atoms with E-state index in [0.717, 1.165) is 12.4 Å². The molecule has 3 heterocycles. The second-order valence-electron chi connectivity index (χ2n) is 4.50. The van der Waals surface area contributed by atoms with Gasteiger partial charge in [0, 0.05) is 28.9 Å². The van der Waals surface area contributed by atoms with Crippen molar-refractivity contribution in [3.8, 4) is 0 Å². The average Bonchev–Trinajstić information content (AvgIpc) is 2.99. The van der Waals surface area contributed by atoms with Crippen molar-refractivity contribution in [2.24, 2.45) is 0 Å². The first-order chi connectivity index (χ1) is 8.43. The van der Waals surface area contributed by atoms with Gasteiger partial charge < -0.3 is 10.6 Å². The highest BCUT2D eigenvalue weighted by molar-refractivity contribution is 7.17. The second-order valence-corrected chi connectivity index (χ2v) is 5.45. The summed E-state index contributed by atoms with van der Waals surface area (Å²) in [6, 6.07) is 4.91. The second kappa shape index (κ2) is 5.02. The van der Waals surface area contributed by atoms with Crippen LogP contribution in [0.25, 0.3) is 10.1 Å². The van der Waals surface area contributed by atoms with E-state index in [1.54, 1.807) is 11.3 Å². The van der Waals surface area contributed by atoms with Crippen molar-refractivity contribution in [2.45, 2.75) is 25.3 Å². The molecule has 0 spiro atoms. The molecule has 0 bridgehead atoms. The van der Waals surface area contributed by atoms with Crippen molar-refractivity contribution < 1.29 is 0 Å². The van der Waals surface area contributed by atoms with Crippen LogP contribution in [0.2, 0.25) is 0 Å².